The second kappa shape index (κ2) is 11.8. The monoisotopic (exact) mass is 700 g/mol. The standard InChI is InChI=1S/C38H43F3N8O2/c1-4-30(50)49-19-37(20-49)9-11-46(12-10-37)35-27-13-26(24-6-7-24)32(31-23(3)5-8-29-28(31)14-42-45-29)34(51-21-38(39,40)41)33(27)43-36(44-35)48-17-25(18-48)47-15-22(2)16-47/h4-5,8,13-14,22,24-25H,1,6-7,9-12,15-21H2,2-3H3,(H,42,45). The predicted octanol–water partition coefficient (Wildman–Crippen LogP) is 6.06. The van der Waals surface area contributed by atoms with Gasteiger partial charge in [-0.3, -0.25) is 14.8 Å². The Labute approximate surface area is 294 Å². The van der Waals surface area contributed by atoms with Gasteiger partial charge in [-0.15, -0.1) is 0 Å². The van der Waals surface area contributed by atoms with Crippen LogP contribution in [-0.2, 0) is 4.79 Å². The normalized spacial score (nSPS) is 21.2. The molecule has 0 bridgehead atoms. The van der Waals surface area contributed by atoms with Crippen LogP contribution < -0.4 is 14.5 Å². The van der Waals surface area contributed by atoms with Crippen LogP contribution in [0.5, 0.6) is 5.75 Å². The minimum absolute atomic E-state index is 0.0360. The van der Waals surface area contributed by atoms with E-state index in [9.17, 15) is 18.0 Å². The zero-order valence-corrected chi connectivity index (χ0v) is 29.1. The SMILES string of the molecule is C=CC(=O)N1CC2(CCN(c3nc(N4CC(N5CC(C)C5)C4)nc4c(OCC(F)(F)F)c(-c5c(C)ccc6[nH]ncc56)c(C5CC5)cc34)CC2)C1. The van der Waals surface area contributed by atoms with Gasteiger partial charge >= 0.3 is 6.18 Å². The highest BCUT2D eigenvalue weighted by atomic mass is 19.4. The van der Waals surface area contributed by atoms with E-state index >= 15 is 0 Å². The number of hydrogen-bond donors (Lipinski definition) is 1. The first-order valence-electron chi connectivity index (χ1n) is 18.2. The molecule has 1 spiro atoms. The summed E-state index contributed by atoms with van der Waals surface area (Å²) in [6, 6.07) is 6.48. The molecule has 5 fully saturated rings. The van der Waals surface area contributed by atoms with Crippen LogP contribution in [0.4, 0.5) is 24.9 Å². The van der Waals surface area contributed by atoms with Crippen molar-refractivity contribution in [3.63, 3.8) is 0 Å². The summed E-state index contributed by atoms with van der Waals surface area (Å²) in [4.78, 5) is 31.3. The van der Waals surface area contributed by atoms with Crippen molar-refractivity contribution in [2.75, 3.05) is 68.8 Å². The fraction of sp³-hybridized carbons (Fsp3) is 0.526. The van der Waals surface area contributed by atoms with Crippen molar-refractivity contribution in [1.82, 2.24) is 30.0 Å². The first-order chi connectivity index (χ1) is 24.5. The Balaban J connectivity index is 1.19. The number of hydrogen-bond acceptors (Lipinski definition) is 8. The Hall–Kier alpha value is -4.39. The smallest absolute Gasteiger partial charge is 0.422 e. The number of alkyl halides is 3. The highest BCUT2D eigenvalue weighted by molar-refractivity contribution is 6.06. The average molecular weight is 701 g/mol. The van der Waals surface area contributed by atoms with E-state index < -0.39 is 12.8 Å². The van der Waals surface area contributed by atoms with E-state index in [-0.39, 0.29) is 23.0 Å². The van der Waals surface area contributed by atoms with Crippen LogP contribution in [0.25, 0.3) is 32.9 Å². The molecule has 0 radical (unpaired) electrons. The predicted molar refractivity (Wildman–Crippen MR) is 190 cm³/mol. The third-order valence-electron chi connectivity index (χ3n) is 11.8. The number of H-pyrrole nitrogens is 1. The Bertz CT molecular complexity index is 2030. The van der Waals surface area contributed by atoms with Crippen LogP contribution in [0.3, 0.4) is 0 Å². The van der Waals surface area contributed by atoms with Gasteiger partial charge in [0.15, 0.2) is 12.4 Å². The molecule has 4 aliphatic heterocycles. The molecular weight excluding hydrogens is 657 g/mol. The molecule has 51 heavy (non-hydrogen) atoms. The van der Waals surface area contributed by atoms with Crippen LogP contribution in [0, 0.1) is 18.3 Å². The van der Waals surface area contributed by atoms with Crippen LogP contribution in [-0.4, -0.2) is 107 Å². The molecular formula is C38H43F3N8O2. The third-order valence-corrected chi connectivity index (χ3v) is 11.8. The molecule has 2 aromatic carbocycles. The number of benzene rings is 2. The number of amides is 1. The highest BCUT2D eigenvalue weighted by Crippen LogP contribution is 2.53. The summed E-state index contributed by atoms with van der Waals surface area (Å²) in [6.45, 7) is 13.0. The van der Waals surface area contributed by atoms with Crippen molar-refractivity contribution in [2.45, 2.75) is 57.7 Å². The molecule has 268 valence electrons. The molecule has 1 aliphatic carbocycles. The Morgan fingerprint density at radius 2 is 1.80 bits per heavy atom. The van der Waals surface area contributed by atoms with Crippen molar-refractivity contribution in [2.24, 2.45) is 11.3 Å². The summed E-state index contributed by atoms with van der Waals surface area (Å²) < 4.78 is 48.1. The van der Waals surface area contributed by atoms with Crippen molar-refractivity contribution in [3.8, 4) is 16.9 Å². The van der Waals surface area contributed by atoms with Crippen LogP contribution in [0.15, 0.2) is 37.1 Å². The van der Waals surface area contributed by atoms with Gasteiger partial charge in [0.25, 0.3) is 0 Å². The molecule has 0 unspecified atom stereocenters. The molecule has 9 rings (SSSR count). The fourth-order valence-electron chi connectivity index (χ4n) is 8.79. The number of aryl methyl sites for hydroxylation is 1. The molecule has 2 aromatic heterocycles. The van der Waals surface area contributed by atoms with Gasteiger partial charge in [-0.2, -0.15) is 23.3 Å². The van der Waals surface area contributed by atoms with Crippen molar-refractivity contribution >= 4 is 39.5 Å². The Morgan fingerprint density at radius 3 is 2.47 bits per heavy atom. The number of fused-ring (bicyclic) bond motifs is 2. The number of ether oxygens (including phenoxy) is 1. The minimum atomic E-state index is -4.54. The van der Waals surface area contributed by atoms with Gasteiger partial charge in [-0.1, -0.05) is 19.6 Å². The number of likely N-dealkylation sites (tertiary alicyclic amines) is 2. The molecule has 13 heteroatoms. The summed E-state index contributed by atoms with van der Waals surface area (Å²) in [5.41, 5.74) is 4.67. The number of nitrogens with one attached hydrogen (secondary N) is 1. The van der Waals surface area contributed by atoms with Crippen LogP contribution >= 0.6 is 0 Å². The topological polar surface area (TPSA) is 93.7 Å². The second-order valence-corrected chi connectivity index (χ2v) is 15.7. The van der Waals surface area contributed by atoms with Gasteiger partial charge in [0.2, 0.25) is 11.9 Å². The first kappa shape index (κ1) is 32.5. The van der Waals surface area contributed by atoms with Gasteiger partial charge < -0.3 is 19.4 Å². The van der Waals surface area contributed by atoms with Crippen molar-refractivity contribution in [3.05, 3.63) is 48.2 Å². The zero-order valence-electron chi connectivity index (χ0n) is 29.1. The van der Waals surface area contributed by atoms with Gasteiger partial charge in [-0.05, 0) is 79.3 Å². The maximum absolute atomic E-state index is 14.0. The molecule has 4 saturated heterocycles. The largest absolute Gasteiger partial charge is 0.481 e. The number of carbonyl (C=O) groups is 1. The van der Waals surface area contributed by atoms with Gasteiger partial charge in [0, 0.05) is 80.2 Å². The summed E-state index contributed by atoms with van der Waals surface area (Å²) >= 11 is 0. The van der Waals surface area contributed by atoms with E-state index in [1.54, 1.807) is 6.20 Å². The third kappa shape index (κ3) is 5.68. The summed E-state index contributed by atoms with van der Waals surface area (Å²) in [5.74, 6) is 2.27. The highest BCUT2D eigenvalue weighted by Gasteiger charge is 2.47. The van der Waals surface area contributed by atoms with E-state index in [4.69, 9.17) is 14.7 Å². The number of aromatic amines is 1. The number of piperidine rings is 1. The van der Waals surface area contributed by atoms with Crippen LogP contribution in [0.1, 0.15) is 49.7 Å². The van der Waals surface area contributed by atoms with Crippen LogP contribution in [0.2, 0.25) is 0 Å². The quantitative estimate of drug-likeness (QED) is 0.222. The fourth-order valence-corrected chi connectivity index (χ4v) is 8.79. The lowest BCUT2D eigenvalue weighted by molar-refractivity contribution is -0.153. The second-order valence-electron chi connectivity index (χ2n) is 15.7. The lowest BCUT2D eigenvalue weighted by Gasteiger charge is -2.54. The lowest BCUT2D eigenvalue weighted by Crippen LogP contribution is -2.65. The molecule has 4 aromatic rings. The molecule has 6 heterocycles. The summed E-state index contributed by atoms with van der Waals surface area (Å²) in [7, 11) is 0. The van der Waals surface area contributed by atoms with Gasteiger partial charge in [-0.25, -0.2) is 4.98 Å². The average Bonchev–Trinajstić information content (AvgIpc) is 3.80. The van der Waals surface area contributed by atoms with Gasteiger partial charge in [0.05, 0.1) is 11.7 Å². The Morgan fingerprint density at radius 1 is 1.06 bits per heavy atom. The van der Waals surface area contributed by atoms with E-state index in [1.165, 1.54) is 6.08 Å². The molecule has 1 saturated carbocycles. The van der Waals surface area contributed by atoms with E-state index in [0.29, 0.717) is 29.0 Å². The number of aromatic nitrogens is 4. The first-order valence-corrected chi connectivity index (χ1v) is 18.2. The minimum Gasteiger partial charge on any atom is -0.481 e. The van der Waals surface area contributed by atoms with E-state index in [0.717, 1.165) is 117 Å². The molecule has 10 nitrogen and oxygen atoms in total. The Kier molecular flexibility index (Phi) is 7.54. The zero-order chi connectivity index (χ0) is 35.2. The maximum atomic E-state index is 14.0. The van der Waals surface area contributed by atoms with Crippen molar-refractivity contribution in [1.29, 1.82) is 0 Å². The molecule has 5 aliphatic rings. The molecule has 1 N–H and O–H groups in total. The maximum Gasteiger partial charge on any atom is 0.422 e. The number of carbonyl (C=O) groups excluding carboxylic acids is 1. The number of nitrogens with zero attached hydrogens (tertiary/aromatic N) is 7. The lowest BCUT2D eigenvalue weighted by atomic mass is 9.72. The van der Waals surface area contributed by atoms with E-state index in [2.05, 4.69) is 44.5 Å². The van der Waals surface area contributed by atoms with Crippen molar-refractivity contribution < 1.29 is 22.7 Å². The summed E-state index contributed by atoms with van der Waals surface area (Å²) in [6.07, 6.45) is 2.25. The van der Waals surface area contributed by atoms with E-state index in [1.807, 2.05) is 24.0 Å². The van der Waals surface area contributed by atoms with Gasteiger partial charge in [0.1, 0.15) is 11.3 Å². The summed E-state index contributed by atoms with van der Waals surface area (Å²) in [5, 5.41) is 8.89. The number of anilines is 2. The molecule has 0 atom stereocenters. The molecule has 1 amide bonds. The number of halogens is 3. The number of rotatable bonds is 8.